The van der Waals surface area contributed by atoms with Gasteiger partial charge in [-0.15, -0.1) is 0 Å². The van der Waals surface area contributed by atoms with Gasteiger partial charge in [0.25, 0.3) is 0 Å². The molecule has 88 valence electrons. The van der Waals surface area contributed by atoms with E-state index in [4.69, 9.17) is 0 Å². The highest BCUT2D eigenvalue weighted by molar-refractivity contribution is 5.82. The second-order valence-electron chi connectivity index (χ2n) is 4.52. The maximum Gasteiger partial charge on any atom is 0.239 e. The van der Waals surface area contributed by atoms with E-state index in [9.17, 15) is 4.79 Å². The molecule has 0 radical (unpaired) electrons. The summed E-state index contributed by atoms with van der Waals surface area (Å²) in [6, 6.07) is 0.0723. The molecule has 1 fully saturated rings. The summed E-state index contributed by atoms with van der Waals surface area (Å²) in [5, 5.41) is 3.31. The molecular formula is C12H24N2O. The van der Waals surface area contributed by atoms with Gasteiger partial charge in [-0.3, -0.25) is 4.79 Å². The Morgan fingerprint density at radius 1 is 1.33 bits per heavy atom. The smallest absolute Gasteiger partial charge is 0.239 e. The van der Waals surface area contributed by atoms with Gasteiger partial charge in [0, 0.05) is 13.1 Å². The molecule has 0 saturated carbocycles. The zero-order chi connectivity index (χ0) is 11.3. The molecule has 0 bridgehead atoms. The summed E-state index contributed by atoms with van der Waals surface area (Å²) in [6.45, 7) is 9.21. The molecule has 1 aliphatic heterocycles. The molecule has 1 rings (SSSR count). The highest BCUT2D eigenvalue weighted by Crippen LogP contribution is 2.16. The standard InChI is InChI=1S/C12H24N2O/c1-4-8-14(9-5-2)12(15)11-10(3)6-7-13-11/h10-11,13H,4-9H2,1-3H3. The molecular weight excluding hydrogens is 188 g/mol. The van der Waals surface area contributed by atoms with E-state index in [0.717, 1.165) is 38.9 Å². The van der Waals surface area contributed by atoms with Crippen molar-refractivity contribution in [2.45, 2.75) is 46.1 Å². The van der Waals surface area contributed by atoms with Crippen molar-refractivity contribution in [2.24, 2.45) is 5.92 Å². The Hall–Kier alpha value is -0.570. The van der Waals surface area contributed by atoms with Crippen LogP contribution in [0.2, 0.25) is 0 Å². The average molecular weight is 212 g/mol. The molecule has 0 aromatic carbocycles. The van der Waals surface area contributed by atoms with E-state index >= 15 is 0 Å². The second-order valence-corrected chi connectivity index (χ2v) is 4.52. The molecule has 3 nitrogen and oxygen atoms in total. The number of hydrogen-bond donors (Lipinski definition) is 1. The van der Waals surface area contributed by atoms with Crippen LogP contribution in [0.5, 0.6) is 0 Å². The van der Waals surface area contributed by atoms with E-state index in [1.165, 1.54) is 0 Å². The topological polar surface area (TPSA) is 32.3 Å². The SMILES string of the molecule is CCCN(CCC)C(=O)C1NCCC1C. The van der Waals surface area contributed by atoms with Crippen molar-refractivity contribution in [2.75, 3.05) is 19.6 Å². The molecule has 3 heteroatoms. The number of nitrogens with one attached hydrogen (secondary N) is 1. The van der Waals surface area contributed by atoms with Crippen LogP contribution >= 0.6 is 0 Å². The monoisotopic (exact) mass is 212 g/mol. The molecule has 0 spiro atoms. The summed E-state index contributed by atoms with van der Waals surface area (Å²) in [7, 11) is 0. The minimum atomic E-state index is 0.0723. The minimum Gasteiger partial charge on any atom is -0.341 e. The maximum absolute atomic E-state index is 12.2. The Labute approximate surface area is 93.2 Å². The molecule has 1 amide bonds. The number of rotatable bonds is 5. The molecule has 2 atom stereocenters. The van der Waals surface area contributed by atoms with Gasteiger partial charge in [-0.05, 0) is 31.7 Å². The Balaban J connectivity index is 2.54. The Bertz CT molecular complexity index is 200. The summed E-state index contributed by atoms with van der Waals surface area (Å²) < 4.78 is 0. The molecule has 2 unspecified atom stereocenters. The van der Waals surface area contributed by atoms with Crippen molar-refractivity contribution in [1.29, 1.82) is 0 Å². The predicted molar refractivity (Wildman–Crippen MR) is 62.7 cm³/mol. The van der Waals surface area contributed by atoms with Crippen LogP contribution in [-0.2, 0) is 4.79 Å². The van der Waals surface area contributed by atoms with Crippen LogP contribution < -0.4 is 5.32 Å². The quantitative estimate of drug-likeness (QED) is 0.751. The largest absolute Gasteiger partial charge is 0.341 e. The van der Waals surface area contributed by atoms with Gasteiger partial charge in [0.1, 0.15) is 0 Å². The molecule has 0 aromatic heterocycles. The molecule has 1 aliphatic rings. The van der Waals surface area contributed by atoms with Crippen molar-refractivity contribution >= 4 is 5.91 Å². The molecule has 1 saturated heterocycles. The van der Waals surface area contributed by atoms with Crippen LogP contribution in [0.4, 0.5) is 0 Å². The lowest BCUT2D eigenvalue weighted by Gasteiger charge is -2.26. The van der Waals surface area contributed by atoms with Crippen molar-refractivity contribution in [3.8, 4) is 0 Å². The van der Waals surface area contributed by atoms with Gasteiger partial charge in [-0.1, -0.05) is 20.8 Å². The van der Waals surface area contributed by atoms with Crippen LogP contribution in [0, 0.1) is 5.92 Å². The van der Waals surface area contributed by atoms with Crippen LogP contribution in [0.1, 0.15) is 40.0 Å². The molecule has 15 heavy (non-hydrogen) atoms. The first-order valence-corrected chi connectivity index (χ1v) is 6.22. The Morgan fingerprint density at radius 3 is 2.33 bits per heavy atom. The number of nitrogens with zero attached hydrogens (tertiary/aromatic N) is 1. The van der Waals surface area contributed by atoms with E-state index in [2.05, 4.69) is 26.1 Å². The van der Waals surface area contributed by atoms with Gasteiger partial charge in [-0.2, -0.15) is 0 Å². The van der Waals surface area contributed by atoms with E-state index in [1.54, 1.807) is 0 Å². The van der Waals surface area contributed by atoms with Gasteiger partial charge in [-0.25, -0.2) is 0 Å². The van der Waals surface area contributed by atoms with E-state index in [1.807, 2.05) is 4.90 Å². The Kier molecular flexibility index (Phi) is 5.09. The fourth-order valence-corrected chi connectivity index (χ4v) is 2.23. The van der Waals surface area contributed by atoms with Gasteiger partial charge in [0.15, 0.2) is 0 Å². The summed E-state index contributed by atoms with van der Waals surface area (Å²) >= 11 is 0. The third-order valence-electron chi connectivity index (χ3n) is 3.10. The van der Waals surface area contributed by atoms with Gasteiger partial charge in [0.05, 0.1) is 6.04 Å². The van der Waals surface area contributed by atoms with Crippen LogP contribution in [0.15, 0.2) is 0 Å². The number of hydrogen-bond acceptors (Lipinski definition) is 2. The lowest BCUT2D eigenvalue weighted by molar-refractivity contribution is -0.134. The fraction of sp³-hybridized carbons (Fsp3) is 0.917. The van der Waals surface area contributed by atoms with Crippen molar-refractivity contribution in [3.05, 3.63) is 0 Å². The van der Waals surface area contributed by atoms with Crippen LogP contribution in [0.25, 0.3) is 0 Å². The van der Waals surface area contributed by atoms with Crippen LogP contribution in [-0.4, -0.2) is 36.5 Å². The lowest BCUT2D eigenvalue weighted by atomic mass is 10.0. The first kappa shape index (κ1) is 12.5. The first-order chi connectivity index (χ1) is 7.20. The molecule has 1 N–H and O–H groups in total. The predicted octanol–water partition coefficient (Wildman–Crippen LogP) is 1.63. The Morgan fingerprint density at radius 2 is 1.93 bits per heavy atom. The van der Waals surface area contributed by atoms with Crippen LogP contribution in [0.3, 0.4) is 0 Å². The highest BCUT2D eigenvalue weighted by atomic mass is 16.2. The number of carbonyl (C=O) groups excluding carboxylic acids is 1. The lowest BCUT2D eigenvalue weighted by Crippen LogP contribution is -2.46. The number of amides is 1. The summed E-state index contributed by atoms with van der Waals surface area (Å²) in [5.41, 5.74) is 0. The van der Waals surface area contributed by atoms with Crippen molar-refractivity contribution in [3.63, 3.8) is 0 Å². The van der Waals surface area contributed by atoms with Crippen molar-refractivity contribution in [1.82, 2.24) is 10.2 Å². The zero-order valence-corrected chi connectivity index (χ0v) is 10.3. The summed E-state index contributed by atoms with van der Waals surface area (Å²) in [5.74, 6) is 0.803. The molecule has 1 heterocycles. The minimum absolute atomic E-state index is 0.0723. The fourth-order valence-electron chi connectivity index (χ4n) is 2.23. The van der Waals surface area contributed by atoms with E-state index < -0.39 is 0 Å². The van der Waals surface area contributed by atoms with Crippen molar-refractivity contribution < 1.29 is 4.79 Å². The molecule has 0 aliphatic carbocycles. The second kappa shape index (κ2) is 6.11. The van der Waals surface area contributed by atoms with E-state index in [0.29, 0.717) is 11.8 Å². The number of carbonyl (C=O) groups is 1. The van der Waals surface area contributed by atoms with E-state index in [-0.39, 0.29) is 6.04 Å². The maximum atomic E-state index is 12.2. The van der Waals surface area contributed by atoms with Gasteiger partial charge < -0.3 is 10.2 Å². The van der Waals surface area contributed by atoms with Gasteiger partial charge in [0.2, 0.25) is 5.91 Å². The average Bonchev–Trinajstić information content (AvgIpc) is 2.63. The highest BCUT2D eigenvalue weighted by Gasteiger charge is 2.31. The molecule has 0 aromatic rings. The zero-order valence-electron chi connectivity index (χ0n) is 10.3. The normalized spacial score (nSPS) is 25.5. The summed E-state index contributed by atoms with van der Waals surface area (Å²) in [4.78, 5) is 14.2. The third kappa shape index (κ3) is 3.20. The van der Waals surface area contributed by atoms with Gasteiger partial charge >= 0.3 is 0 Å². The first-order valence-electron chi connectivity index (χ1n) is 6.22. The third-order valence-corrected chi connectivity index (χ3v) is 3.10. The summed E-state index contributed by atoms with van der Waals surface area (Å²) in [6.07, 6.45) is 3.22.